The predicted octanol–water partition coefficient (Wildman–Crippen LogP) is 6.65. The lowest BCUT2D eigenvalue weighted by Gasteiger charge is -2.49. The monoisotopic (exact) mass is 593 g/mol. The number of esters is 1. The Labute approximate surface area is 258 Å². The van der Waals surface area contributed by atoms with Crippen molar-refractivity contribution in [2.45, 2.75) is 50.4 Å². The van der Waals surface area contributed by atoms with Gasteiger partial charge in [-0.1, -0.05) is 109 Å². The van der Waals surface area contributed by atoms with Gasteiger partial charge < -0.3 is 4.74 Å². The van der Waals surface area contributed by atoms with Gasteiger partial charge in [0.15, 0.2) is 5.12 Å². The largest absolute Gasteiger partial charge is 0.466 e. The lowest BCUT2D eigenvalue weighted by molar-refractivity contribution is -0.143. The van der Waals surface area contributed by atoms with Crippen LogP contribution in [-0.2, 0) is 32.8 Å². The SMILES string of the molecule is CCOC(=O)CCc1cnn(C/C=C2/CN(C(c3ccccc3)(c3ccccc3)c3ccccc3)CCC2SC(C)=O)c1. The highest BCUT2D eigenvalue weighted by Crippen LogP contribution is 2.45. The van der Waals surface area contributed by atoms with Gasteiger partial charge in [0.1, 0.15) is 0 Å². The number of hydrogen-bond donors (Lipinski definition) is 0. The van der Waals surface area contributed by atoms with Crippen molar-refractivity contribution in [3.05, 3.63) is 137 Å². The highest BCUT2D eigenvalue weighted by Gasteiger charge is 2.44. The Morgan fingerprint density at radius 3 is 2.07 bits per heavy atom. The standard InChI is InChI=1S/C36H39N3O3S/c1-3-42-35(41)20-19-29-25-37-39(26-29)24-21-30-27-38(23-22-34(30)43-28(2)40)36(31-13-7-4-8-14-31,32-15-9-5-10-16-32)33-17-11-6-12-18-33/h4-18,21,25-26,34H,3,19-20,22-24,27H2,1-2H3/b30-21-. The van der Waals surface area contributed by atoms with Gasteiger partial charge in [-0.15, -0.1) is 0 Å². The van der Waals surface area contributed by atoms with E-state index in [1.807, 2.05) is 24.0 Å². The molecule has 1 aromatic heterocycles. The number of allylic oxidation sites excluding steroid dienone is 1. The number of nitrogens with zero attached hydrogens (tertiary/aromatic N) is 3. The van der Waals surface area contributed by atoms with Gasteiger partial charge in [0.25, 0.3) is 0 Å². The average molecular weight is 594 g/mol. The van der Waals surface area contributed by atoms with Crippen LogP contribution in [0, 0.1) is 0 Å². The van der Waals surface area contributed by atoms with Gasteiger partial charge >= 0.3 is 5.97 Å². The number of piperidine rings is 1. The molecular formula is C36H39N3O3S. The first kappa shape index (κ1) is 30.5. The topological polar surface area (TPSA) is 64.4 Å². The van der Waals surface area contributed by atoms with Crippen LogP contribution in [0.25, 0.3) is 0 Å². The Morgan fingerprint density at radius 2 is 1.53 bits per heavy atom. The van der Waals surface area contributed by atoms with Crippen LogP contribution in [0.4, 0.5) is 0 Å². The summed E-state index contributed by atoms with van der Waals surface area (Å²) in [5.74, 6) is -0.192. The number of aryl methyl sites for hydroxylation is 1. The van der Waals surface area contributed by atoms with Gasteiger partial charge in [-0.2, -0.15) is 5.10 Å². The van der Waals surface area contributed by atoms with E-state index in [9.17, 15) is 9.59 Å². The minimum atomic E-state index is -0.513. The van der Waals surface area contributed by atoms with Gasteiger partial charge in [0.05, 0.1) is 24.9 Å². The second kappa shape index (κ2) is 14.5. The fraction of sp³-hybridized carbons (Fsp3) is 0.306. The fourth-order valence-corrected chi connectivity index (χ4v) is 7.03. The molecule has 222 valence electrons. The molecule has 0 saturated carbocycles. The van der Waals surface area contributed by atoms with Gasteiger partial charge in [-0.25, -0.2) is 0 Å². The zero-order valence-corrected chi connectivity index (χ0v) is 25.7. The van der Waals surface area contributed by atoms with Crippen molar-refractivity contribution in [2.24, 2.45) is 0 Å². The number of carbonyl (C=O) groups is 2. The number of rotatable bonds is 11. The summed E-state index contributed by atoms with van der Waals surface area (Å²) in [7, 11) is 0. The summed E-state index contributed by atoms with van der Waals surface area (Å²) in [5, 5.41) is 4.79. The van der Waals surface area contributed by atoms with Gasteiger partial charge in [0.2, 0.25) is 0 Å². The van der Waals surface area contributed by atoms with Crippen LogP contribution in [0.1, 0.15) is 48.9 Å². The average Bonchev–Trinajstić information content (AvgIpc) is 3.50. The van der Waals surface area contributed by atoms with Crippen molar-refractivity contribution in [1.29, 1.82) is 0 Å². The second-order valence-corrected chi connectivity index (χ2v) is 12.2. The Balaban J connectivity index is 1.50. The van der Waals surface area contributed by atoms with E-state index in [1.165, 1.54) is 34.0 Å². The molecule has 1 aliphatic rings. The number of ether oxygens (including phenoxy) is 1. The number of likely N-dealkylation sites (tertiary alicyclic amines) is 1. The zero-order chi connectivity index (χ0) is 30.1. The highest BCUT2D eigenvalue weighted by atomic mass is 32.2. The molecule has 3 aromatic carbocycles. The molecule has 7 heteroatoms. The van der Waals surface area contributed by atoms with Crippen molar-refractivity contribution < 1.29 is 14.3 Å². The number of benzene rings is 3. The molecule has 0 aliphatic carbocycles. The third-order valence-electron chi connectivity index (χ3n) is 7.96. The van der Waals surface area contributed by atoms with E-state index in [0.717, 1.165) is 18.5 Å². The zero-order valence-electron chi connectivity index (χ0n) is 24.9. The summed E-state index contributed by atoms with van der Waals surface area (Å²) < 4.78 is 6.97. The molecule has 0 bridgehead atoms. The second-order valence-electron chi connectivity index (χ2n) is 10.8. The van der Waals surface area contributed by atoms with Gasteiger partial charge in [0, 0.05) is 37.9 Å². The Morgan fingerprint density at radius 1 is 0.953 bits per heavy atom. The first-order valence-corrected chi connectivity index (χ1v) is 15.8. The van der Waals surface area contributed by atoms with Crippen molar-refractivity contribution in [1.82, 2.24) is 14.7 Å². The van der Waals surface area contributed by atoms with E-state index >= 15 is 0 Å². The Bertz CT molecular complexity index is 1420. The normalized spacial score (nSPS) is 16.7. The lowest BCUT2D eigenvalue weighted by atomic mass is 9.74. The lowest BCUT2D eigenvalue weighted by Crippen LogP contribution is -2.52. The molecule has 1 saturated heterocycles. The molecule has 2 heterocycles. The molecule has 4 aromatic rings. The van der Waals surface area contributed by atoms with Crippen LogP contribution in [0.2, 0.25) is 0 Å². The number of hydrogen-bond acceptors (Lipinski definition) is 6. The summed E-state index contributed by atoms with van der Waals surface area (Å²) in [6.07, 6.45) is 7.84. The highest BCUT2D eigenvalue weighted by molar-refractivity contribution is 8.14. The quantitative estimate of drug-likeness (QED) is 0.110. The van der Waals surface area contributed by atoms with Crippen LogP contribution >= 0.6 is 11.8 Å². The first-order valence-electron chi connectivity index (χ1n) is 15.0. The summed E-state index contributed by atoms with van der Waals surface area (Å²) in [6, 6.07) is 32.2. The molecule has 0 radical (unpaired) electrons. The van der Waals surface area contributed by atoms with Crippen LogP contribution in [0.15, 0.2) is 115 Å². The van der Waals surface area contributed by atoms with Crippen LogP contribution in [0.5, 0.6) is 0 Å². The van der Waals surface area contributed by atoms with E-state index in [2.05, 4.69) is 107 Å². The maximum Gasteiger partial charge on any atom is 0.306 e. The molecule has 1 atom stereocenters. The van der Waals surface area contributed by atoms with Crippen molar-refractivity contribution in [3.63, 3.8) is 0 Å². The summed E-state index contributed by atoms with van der Waals surface area (Å²) >= 11 is 1.42. The smallest absolute Gasteiger partial charge is 0.306 e. The van der Waals surface area contributed by atoms with Crippen LogP contribution in [-0.4, -0.2) is 50.7 Å². The third-order valence-corrected chi connectivity index (χ3v) is 9.11. The summed E-state index contributed by atoms with van der Waals surface area (Å²) in [5.41, 5.74) is 5.35. The molecule has 1 aliphatic heterocycles. The van der Waals surface area contributed by atoms with E-state index in [0.29, 0.717) is 32.5 Å². The third kappa shape index (κ3) is 7.17. The first-order chi connectivity index (χ1) is 21.0. The number of carbonyl (C=O) groups excluding carboxylic acids is 2. The van der Waals surface area contributed by atoms with E-state index in [-0.39, 0.29) is 16.3 Å². The summed E-state index contributed by atoms with van der Waals surface area (Å²) in [6.45, 7) is 5.99. The van der Waals surface area contributed by atoms with Crippen molar-refractivity contribution in [3.8, 4) is 0 Å². The Kier molecular flexibility index (Phi) is 10.3. The van der Waals surface area contributed by atoms with Gasteiger partial charge in [-0.3, -0.25) is 19.2 Å². The number of thioether (sulfide) groups is 1. The Hall–Kier alpha value is -3.94. The van der Waals surface area contributed by atoms with Crippen molar-refractivity contribution in [2.75, 3.05) is 19.7 Å². The molecular weight excluding hydrogens is 554 g/mol. The molecule has 6 nitrogen and oxygen atoms in total. The van der Waals surface area contributed by atoms with E-state index in [4.69, 9.17) is 4.74 Å². The molecule has 0 amide bonds. The molecule has 43 heavy (non-hydrogen) atoms. The molecule has 0 spiro atoms. The van der Waals surface area contributed by atoms with E-state index in [1.54, 1.807) is 6.92 Å². The molecule has 1 fully saturated rings. The predicted molar refractivity (Wildman–Crippen MR) is 173 cm³/mol. The van der Waals surface area contributed by atoms with E-state index < -0.39 is 5.54 Å². The molecule has 1 unspecified atom stereocenters. The maximum absolute atomic E-state index is 12.3. The minimum absolute atomic E-state index is 0.104. The molecule has 0 N–H and O–H groups in total. The van der Waals surface area contributed by atoms with Crippen LogP contribution < -0.4 is 0 Å². The number of aromatic nitrogens is 2. The fourth-order valence-electron chi connectivity index (χ4n) is 6.09. The van der Waals surface area contributed by atoms with Gasteiger partial charge in [-0.05, 0) is 47.6 Å². The maximum atomic E-state index is 12.3. The van der Waals surface area contributed by atoms with Crippen molar-refractivity contribution >= 4 is 22.8 Å². The molecule has 5 rings (SSSR count). The summed E-state index contributed by atoms with van der Waals surface area (Å²) in [4.78, 5) is 26.7. The minimum Gasteiger partial charge on any atom is -0.466 e. The van der Waals surface area contributed by atoms with Crippen LogP contribution in [0.3, 0.4) is 0 Å².